The van der Waals surface area contributed by atoms with E-state index < -0.39 is 0 Å². The van der Waals surface area contributed by atoms with Crippen molar-refractivity contribution in [3.8, 4) is 11.4 Å². The van der Waals surface area contributed by atoms with Gasteiger partial charge in [0, 0.05) is 62.7 Å². The van der Waals surface area contributed by atoms with Crippen molar-refractivity contribution in [2.24, 2.45) is 0 Å². The first-order valence-corrected chi connectivity index (χ1v) is 10.1. The molecule has 4 heterocycles. The van der Waals surface area contributed by atoms with E-state index in [1.54, 1.807) is 12.4 Å². The number of rotatable bonds is 4. The van der Waals surface area contributed by atoms with Crippen LogP contribution in [0, 0.1) is 0 Å². The topological polar surface area (TPSA) is 54.4 Å². The van der Waals surface area contributed by atoms with E-state index in [-0.39, 0.29) is 0 Å². The number of hydrogen-bond acceptors (Lipinski definition) is 6. The first-order chi connectivity index (χ1) is 13.9. The smallest absolute Gasteiger partial charge is 0.162 e. The maximum absolute atomic E-state index is 5.81. The van der Waals surface area contributed by atoms with Crippen LogP contribution in [0.3, 0.4) is 0 Å². The highest BCUT2D eigenvalue weighted by Gasteiger charge is 2.24. The Kier molecular flexibility index (Phi) is 4.89. The predicted octanol–water partition coefficient (Wildman–Crippen LogP) is 2.99. The molecule has 3 aromatic rings. The third kappa shape index (κ3) is 3.57. The van der Waals surface area contributed by atoms with Gasteiger partial charge >= 0.3 is 0 Å². The van der Waals surface area contributed by atoms with Crippen molar-refractivity contribution in [2.45, 2.75) is 18.9 Å². The minimum absolute atomic E-state index is 0.421. The zero-order valence-electron chi connectivity index (χ0n) is 16.0. The molecule has 6 nitrogen and oxygen atoms in total. The molecule has 0 bridgehead atoms. The minimum atomic E-state index is 0.421. The Morgan fingerprint density at radius 2 is 1.79 bits per heavy atom. The fraction of sp³-hybridized carbons (Fsp3) is 0.409. The lowest BCUT2D eigenvalue weighted by molar-refractivity contribution is 0.0712. The van der Waals surface area contributed by atoms with Crippen molar-refractivity contribution in [1.82, 2.24) is 19.9 Å². The molecule has 1 aromatic carbocycles. The Balaban J connectivity index is 1.40. The number of fused-ring (bicyclic) bond motifs is 1. The van der Waals surface area contributed by atoms with Gasteiger partial charge in [0.15, 0.2) is 5.82 Å². The zero-order valence-corrected chi connectivity index (χ0v) is 16.0. The molecule has 5 rings (SSSR count). The molecule has 0 amide bonds. The van der Waals surface area contributed by atoms with Gasteiger partial charge in [-0.3, -0.25) is 9.88 Å². The van der Waals surface area contributed by atoms with E-state index in [2.05, 4.69) is 33.0 Å². The van der Waals surface area contributed by atoms with Crippen LogP contribution in [0.4, 0.5) is 5.82 Å². The average molecular weight is 375 g/mol. The average Bonchev–Trinajstić information content (AvgIpc) is 3.27. The highest BCUT2D eigenvalue weighted by Crippen LogP contribution is 2.28. The highest BCUT2D eigenvalue weighted by molar-refractivity contribution is 5.91. The van der Waals surface area contributed by atoms with E-state index in [0.717, 1.165) is 67.4 Å². The van der Waals surface area contributed by atoms with Gasteiger partial charge < -0.3 is 9.64 Å². The molecule has 0 saturated carbocycles. The van der Waals surface area contributed by atoms with Crippen LogP contribution in [0.5, 0.6) is 0 Å². The van der Waals surface area contributed by atoms with E-state index in [1.165, 1.54) is 12.8 Å². The zero-order chi connectivity index (χ0) is 18.8. The van der Waals surface area contributed by atoms with Crippen LogP contribution >= 0.6 is 0 Å². The van der Waals surface area contributed by atoms with Crippen molar-refractivity contribution >= 4 is 16.7 Å². The first kappa shape index (κ1) is 17.5. The number of ether oxygens (including phenoxy) is 1. The van der Waals surface area contributed by atoms with Crippen LogP contribution < -0.4 is 4.90 Å². The Hall–Kier alpha value is -2.57. The second-order valence-corrected chi connectivity index (χ2v) is 7.55. The van der Waals surface area contributed by atoms with Gasteiger partial charge in [-0.2, -0.15) is 0 Å². The van der Waals surface area contributed by atoms with Crippen LogP contribution in [0.2, 0.25) is 0 Å². The lowest BCUT2D eigenvalue weighted by Crippen LogP contribution is -2.48. The summed E-state index contributed by atoms with van der Waals surface area (Å²) in [6.45, 7) is 6.02. The van der Waals surface area contributed by atoms with E-state index in [4.69, 9.17) is 14.7 Å². The molecule has 2 fully saturated rings. The van der Waals surface area contributed by atoms with Crippen molar-refractivity contribution < 1.29 is 4.74 Å². The summed E-state index contributed by atoms with van der Waals surface area (Å²) in [5, 5.41) is 1.12. The highest BCUT2D eigenvalue weighted by atomic mass is 16.5. The van der Waals surface area contributed by atoms with Crippen LogP contribution in [-0.2, 0) is 4.74 Å². The molecule has 144 valence electrons. The fourth-order valence-corrected chi connectivity index (χ4v) is 4.15. The molecule has 0 aliphatic carbocycles. The maximum Gasteiger partial charge on any atom is 0.162 e. The molecule has 2 aliphatic rings. The van der Waals surface area contributed by atoms with Crippen molar-refractivity contribution in [1.29, 1.82) is 0 Å². The van der Waals surface area contributed by atoms with Crippen LogP contribution in [0.15, 0.2) is 48.8 Å². The number of nitrogens with zero attached hydrogens (tertiary/aromatic N) is 5. The summed E-state index contributed by atoms with van der Waals surface area (Å²) in [5.74, 6) is 1.80. The molecular weight excluding hydrogens is 350 g/mol. The third-order valence-corrected chi connectivity index (χ3v) is 5.68. The number of piperazine rings is 1. The van der Waals surface area contributed by atoms with E-state index >= 15 is 0 Å². The number of aromatic nitrogens is 3. The number of anilines is 1. The van der Waals surface area contributed by atoms with E-state index in [0.29, 0.717) is 6.10 Å². The maximum atomic E-state index is 5.81. The van der Waals surface area contributed by atoms with Gasteiger partial charge in [-0.05, 0) is 37.1 Å². The molecule has 0 N–H and O–H groups in total. The van der Waals surface area contributed by atoms with E-state index in [1.807, 2.05) is 18.2 Å². The lowest BCUT2D eigenvalue weighted by Gasteiger charge is -2.36. The molecule has 1 unspecified atom stereocenters. The van der Waals surface area contributed by atoms with Crippen LogP contribution in [-0.4, -0.2) is 65.3 Å². The second-order valence-electron chi connectivity index (χ2n) is 7.55. The first-order valence-electron chi connectivity index (χ1n) is 10.1. The molecule has 1 atom stereocenters. The number of hydrogen-bond donors (Lipinski definition) is 0. The Bertz CT molecular complexity index is 934. The second kappa shape index (κ2) is 7.81. The molecule has 2 aromatic heterocycles. The SMILES string of the molecule is c1ccc2c(N3CCN(CC4CCCO4)CC3)nc(-c3ccncc3)nc2c1. The molecule has 2 aliphatic heterocycles. The Labute approximate surface area is 165 Å². The van der Waals surface area contributed by atoms with Gasteiger partial charge in [0.25, 0.3) is 0 Å². The van der Waals surface area contributed by atoms with Gasteiger partial charge in [0.2, 0.25) is 0 Å². The minimum Gasteiger partial charge on any atom is -0.377 e. The van der Waals surface area contributed by atoms with Gasteiger partial charge in [-0.1, -0.05) is 12.1 Å². The van der Waals surface area contributed by atoms with Gasteiger partial charge in [-0.25, -0.2) is 9.97 Å². The molecule has 0 radical (unpaired) electrons. The quantitative estimate of drug-likeness (QED) is 0.699. The molecule has 6 heteroatoms. The van der Waals surface area contributed by atoms with Crippen LogP contribution in [0.1, 0.15) is 12.8 Å². The summed E-state index contributed by atoms with van der Waals surface area (Å²) in [6, 6.07) is 12.2. The van der Waals surface area contributed by atoms with Gasteiger partial charge in [0.05, 0.1) is 11.6 Å². The summed E-state index contributed by atoms with van der Waals surface area (Å²) in [5.41, 5.74) is 1.99. The molecule has 28 heavy (non-hydrogen) atoms. The number of benzene rings is 1. The summed E-state index contributed by atoms with van der Waals surface area (Å²) in [7, 11) is 0. The van der Waals surface area contributed by atoms with E-state index in [9.17, 15) is 0 Å². The Morgan fingerprint density at radius 3 is 2.57 bits per heavy atom. The molecule has 2 saturated heterocycles. The lowest BCUT2D eigenvalue weighted by atomic mass is 10.1. The number of para-hydroxylation sites is 1. The number of pyridine rings is 1. The van der Waals surface area contributed by atoms with Crippen molar-refractivity contribution in [3.05, 3.63) is 48.8 Å². The standard InChI is InChI=1S/C22H25N5O/c1-2-6-20-19(5-1)22(25-21(24-20)17-7-9-23-10-8-17)27-13-11-26(12-14-27)16-18-4-3-15-28-18/h1-2,5-10,18H,3-4,11-16H2. The van der Waals surface area contributed by atoms with Crippen LogP contribution in [0.25, 0.3) is 22.3 Å². The fourth-order valence-electron chi connectivity index (χ4n) is 4.15. The van der Waals surface area contributed by atoms with Gasteiger partial charge in [-0.15, -0.1) is 0 Å². The Morgan fingerprint density at radius 1 is 0.964 bits per heavy atom. The summed E-state index contributed by atoms with van der Waals surface area (Å²) >= 11 is 0. The molecule has 0 spiro atoms. The summed E-state index contributed by atoms with van der Waals surface area (Å²) in [4.78, 5) is 18.8. The predicted molar refractivity (Wildman–Crippen MR) is 110 cm³/mol. The third-order valence-electron chi connectivity index (χ3n) is 5.68. The summed E-state index contributed by atoms with van der Waals surface area (Å²) < 4.78 is 5.81. The molecular formula is C22H25N5O. The largest absolute Gasteiger partial charge is 0.377 e. The van der Waals surface area contributed by atoms with Crippen molar-refractivity contribution in [2.75, 3.05) is 44.2 Å². The van der Waals surface area contributed by atoms with Crippen molar-refractivity contribution in [3.63, 3.8) is 0 Å². The monoisotopic (exact) mass is 375 g/mol. The van der Waals surface area contributed by atoms with Gasteiger partial charge in [0.1, 0.15) is 5.82 Å². The summed E-state index contributed by atoms with van der Waals surface area (Å²) in [6.07, 6.45) is 6.40. The normalized spacial score (nSPS) is 20.7.